The number of rotatable bonds is 20. The van der Waals surface area contributed by atoms with Crippen molar-refractivity contribution in [2.24, 2.45) is 0 Å². The number of hydrogen-bond donors (Lipinski definition) is 3. The quantitative estimate of drug-likeness (QED) is 0.146. The molecule has 0 radical (unpaired) electrons. The average molecular weight is 565 g/mol. The van der Waals surface area contributed by atoms with E-state index in [1.807, 2.05) is 54.7 Å². The predicted octanol–water partition coefficient (Wildman–Crippen LogP) is 4.49. The number of aliphatic hydroxyl groups excluding tert-OH is 1. The van der Waals surface area contributed by atoms with E-state index >= 15 is 0 Å². The third kappa shape index (κ3) is 18.7. The van der Waals surface area contributed by atoms with Crippen LogP contribution in [0, 0.1) is 0 Å². The minimum Gasteiger partial charge on any atom is -0.390 e. The molecule has 7 nitrogen and oxygen atoms in total. The maximum Gasteiger partial charge on any atom is 0.169 e. The van der Waals surface area contributed by atoms with Crippen molar-refractivity contribution in [1.29, 1.82) is 0 Å². The molecule has 0 fully saturated rings. The van der Waals surface area contributed by atoms with Crippen LogP contribution in [-0.2, 0) is 19.1 Å². The molecule has 0 bridgehead atoms. The van der Waals surface area contributed by atoms with Gasteiger partial charge in [-0.1, -0.05) is 0 Å². The lowest BCUT2D eigenvalue weighted by molar-refractivity contribution is -0.127. The van der Waals surface area contributed by atoms with Crippen LogP contribution in [0.15, 0.2) is 0 Å². The number of carbonyl (C=O) groups excluding carboxylic acids is 2. The zero-order chi connectivity index (χ0) is 28.9. The lowest BCUT2D eigenvalue weighted by Crippen LogP contribution is -2.60. The van der Waals surface area contributed by atoms with Crippen LogP contribution in [0.2, 0.25) is 0 Å². The van der Waals surface area contributed by atoms with Gasteiger partial charge in [0.2, 0.25) is 0 Å². The zero-order valence-electron chi connectivity index (χ0n) is 25.4. The van der Waals surface area contributed by atoms with Crippen LogP contribution >= 0.6 is 23.5 Å². The van der Waals surface area contributed by atoms with Crippen molar-refractivity contribution in [2.75, 3.05) is 36.7 Å². The molecule has 0 spiro atoms. The summed E-state index contributed by atoms with van der Waals surface area (Å²) in [4.78, 5) is 25.2. The Hall–Kier alpha value is -0.160. The summed E-state index contributed by atoms with van der Waals surface area (Å²) in [5.41, 5.74) is -1.58. The van der Waals surface area contributed by atoms with Crippen molar-refractivity contribution in [3.05, 3.63) is 0 Å². The van der Waals surface area contributed by atoms with Gasteiger partial charge in [0.05, 0.1) is 41.5 Å². The molecule has 0 heterocycles. The Kier molecular flexibility index (Phi) is 16.8. The van der Waals surface area contributed by atoms with E-state index in [2.05, 4.69) is 31.4 Å². The van der Waals surface area contributed by atoms with Gasteiger partial charge in [-0.25, -0.2) is 0 Å². The molecule has 220 valence electrons. The average Bonchev–Trinajstić information content (AvgIpc) is 2.74. The molecule has 0 aliphatic rings. The largest absolute Gasteiger partial charge is 0.390 e. The molecular formula is C28H56N2O5S2. The summed E-state index contributed by atoms with van der Waals surface area (Å²) in [6.45, 7) is 20.8. The molecule has 0 aliphatic heterocycles. The number of aliphatic hydroxyl groups is 1. The van der Waals surface area contributed by atoms with Crippen LogP contribution in [0.3, 0.4) is 0 Å². The molecule has 3 atom stereocenters. The number of ketones is 1. The number of Topliss-reactive ketones (excluding diaryl/α,β-unsaturated/α-hetero) is 1. The highest BCUT2D eigenvalue weighted by atomic mass is 32.2. The number of carbonyl (C=O) groups is 2. The van der Waals surface area contributed by atoms with Crippen molar-refractivity contribution >= 4 is 35.6 Å². The Morgan fingerprint density at radius 3 is 2.08 bits per heavy atom. The second-order valence-electron chi connectivity index (χ2n) is 12.9. The van der Waals surface area contributed by atoms with Gasteiger partial charge in [0.25, 0.3) is 0 Å². The first-order chi connectivity index (χ1) is 16.8. The van der Waals surface area contributed by atoms with E-state index in [4.69, 9.17) is 9.47 Å². The predicted molar refractivity (Wildman–Crippen MR) is 160 cm³/mol. The van der Waals surface area contributed by atoms with Crippen molar-refractivity contribution in [2.45, 2.75) is 129 Å². The van der Waals surface area contributed by atoms with Gasteiger partial charge in [-0.3, -0.25) is 10.1 Å². The monoisotopic (exact) mass is 564 g/mol. The Morgan fingerprint density at radius 2 is 1.57 bits per heavy atom. The Bertz CT molecular complexity index is 660. The molecule has 1 unspecified atom stereocenters. The smallest absolute Gasteiger partial charge is 0.169 e. The van der Waals surface area contributed by atoms with Gasteiger partial charge in [-0.15, -0.1) is 0 Å². The van der Waals surface area contributed by atoms with Gasteiger partial charge in [0, 0.05) is 17.9 Å². The standard InChI is InChI=1S/C28H56N2O5S2/c1-25(2,3)30-23(13-16-36-11)24(33)28(9,10)29-21(18-31)12-17-37-20-22(32)19-35-27(7,8)14-15-34-26(4,5)6/h18,21-23,29-30,32H,12-17,19-20H2,1-11H3/t21-,22?,23-/m0/s1. The number of aldehydes is 1. The highest BCUT2D eigenvalue weighted by Gasteiger charge is 2.36. The third-order valence-electron chi connectivity index (χ3n) is 5.65. The van der Waals surface area contributed by atoms with Gasteiger partial charge in [0.1, 0.15) is 6.29 Å². The summed E-state index contributed by atoms with van der Waals surface area (Å²) in [6, 6.07) is -0.714. The molecule has 9 heteroatoms. The molecule has 0 aromatic heterocycles. The normalized spacial score (nSPS) is 15.9. The lowest BCUT2D eigenvalue weighted by Gasteiger charge is -2.35. The van der Waals surface area contributed by atoms with E-state index < -0.39 is 17.7 Å². The van der Waals surface area contributed by atoms with Crippen molar-refractivity contribution in [1.82, 2.24) is 10.6 Å². The molecular weight excluding hydrogens is 508 g/mol. The summed E-state index contributed by atoms with van der Waals surface area (Å²) in [6.07, 6.45) is 4.39. The van der Waals surface area contributed by atoms with E-state index in [0.29, 0.717) is 24.5 Å². The second-order valence-corrected chi connectivity index (χ2v) is 15.0. The minimum atomic E-state index is -0.840. The summed E-state index contributed by atoms with van der Waals surface area (Å²) < 4.78 is 11.7. The fourth-order valence-corrected chi connectivity index (χ4v) is 5.07. The first-order valence-corrected chi connectivity index (χ1v) is 15.9. The van der Waals surface area contributed by atoms with Crippen molar-refractivity contribution < 1.29 is 24.2 Å². The number of thioether (sulfide) groups is 2. The fourth-order valence-electron chi connectivity index (χ4n) is 3.65. The highest BCUT2D eigenvalue weighted by molar-refractivity contribution is 7.99. The molecule has 0 rings (SSSR count). The first kappa shape index (κ1) is 36.8. The number of ether oxygens (including phenoxy) is 2. The van der Waals surface area contributed by atoms with Crippen LogP contribution in [0.25, 0.3) is 0 Å². The van der Waals surface area contributed by atoms with Crippen molar-refractivity contribution in [3.8, 4) is 0 Å². The SMILES string of the molecule is CSCC[C@H](NC(C)(C)C)C(=O)C(C)(C)N[C@H](C=O)CCSCC(O)COC(C)(C)CCOC(C)(C)C. The fraction of sp³-hybridized carbons (Fsp3) is 0.929. The summed E-state index contributed by atoms with van der Waals surface area (Å²) >= 11 is 3.30. The van der Waals surface area contributed by atoms with Gasteiger partial charge in [-0.05, 0) is 106 Å². The Morgan fingerprint density at radius 1 is 0.946 bits per heavy atom. The van der Waals surface area contributed by atoms with Gasteiger partial charge < -0.3 is 24.7 Å². The second kappa shape index (κ2) is 16.8. The summed E-state index contributed by atoms with van der Waals surface area (Å²) in [5, 5.41) is 17.1. The van der Waals surface area contributed by atoms with E-state index in [1.165, 1.54) is 0 Å². The van der Waals surface area contributed by atoms with Crippen LogP contribution in [-0.4, -0.2) is 94.4 Å². The van der Waals surface area contributed by atoms with Crippen molar-refractivity contribution in [3.63, 3.8) is 0 Å². The number of hydrogen-bond acceptors (Lipinski definition) is 9. The molecule has 0 aromatic rings. The number of nitrogens with one attached hydrogen (secondary N) is 2. The molecule has 0 amide bonds. The Labute approximate surface area is 235 Å². The van der Waals surface area contributed by atoms with E-state index in [9.17, 15) is 14.7 Å². The molecule has 0 aliphatic carbocycles. The van der Waals surface area contributed by atoms with E-state index in [0.717, 1.165) is 24.9 Å². The van der Waals surface area contributed by atoms with Crippen LogP contribution in [0.5, 0.6) is 0 Å². The van der Waals surface area contributed by atoms with Gasteiger partial charge in [-0.2, -0.15) is 23.5 Å². The van der Waals surface area contributed by atoms with Crippen LogP contribution < -0.4 is 10.6 Å². The van der Waals surface area contributed by atoms with Gasteiger partial charge in [0.15, 0.2) is 5.78 Å². The van der Waals surface area contributed by atoms with E-state index in [-0.39, 0.29) is 35.2 Å². The third-order valence-corrected chi connectivity index (χ3v) is 7.44. The molecule has 0 aromatic carbocycles. The maximum absolute atomic E-state index is 13.4. The summed E-state index contributed by atoms with van der Waals surface area (Å²) in [7, 11) is 0. The zero-order valence-corrected chi connectivity index (χ0v) is 27.0. The first-order valence-electron chi connectivity index (χ1n) is 13.4. The van der Waals surface area contributed by atoms with Gasteiger partial charge >= 0.3 is 0 Å². The molecule has 37 heavy (non-hydrogen) atoms. The van der Waals surface area contributed by atoms with E-state index in [1.54, 1.807) is 23.5 Å². The van der Waals surface area contributed by atoms with Crippen LogP contribution in [0.4, 0.5) is 0 Å². The lowest BCUT2D eigenvalue weighted by atomic mass is 9.89. The van der Waals surface area contributed by atoms with Crippen LogP contribution in [0.1, 0.15) is 88.5 Å². The summed E-state index contributed by atoms with van der Waals surface area (Å²) in [5.74, 6) is 2.17. The molecule has 3 N–H and O–H groups in total. The Balaban J connectivity index is 4.60. The topological polar surface area (TPSA) is 96.9 Å². The molecule has 0 saturated carbocycles. The maximum atomic E-state index is 13.4. The molecule has 0 saturated heterocycles. The minimum absolute atomic E-state index is 0.0686. The highest BCUT2D eigenvalue weighted by Crippen LogP contribution is 2.19.